The maximum Gasteiger partial charge on any atom is 0.317 e. The Kier molecular flexibility index (Phi) is 5.91. The fourth-order valence-electron chi connectivity index (χ4n) is 2.28. The zero-order valence-electron chi connectivity index (χ0n) is 12.6. The number of hydrogen-bond acceptors (Lipinski definition) is 6. The van der Waals surface area contributed by atoms with Gasteiger partial charge < -0.3 is 4.74 Å². The van der Waals surface area contributed by atoms with Crippen LogP contribution in [0.3, 0.4) is 0 Å². The van der Waals surface area contributed by atoms with Gasteiger partial charge in [0.1, 0.15) is 17.5 Å². The van der Waals surface area contributed by atoms with Gasteiger partial charge in [-0.2, -0.15) is 0 Å². The monoisotopic (exact) mass is 307 g/mol. The molecule has 22 heavy (non-hydrogen) atoms. The van der Waals surface area contributed by atoms with Crippen LogP contribution in [-0.2, 0) is 19.1 Å². The molecule has 0 saturated carbocycles. The number of Topliss-reactive ketones (excluding diaryl/α,β-unsaturated/α-hetero) is 2. The third kappa shape index (κ3) is 3.75. The van der Waals surface area contributed by atoms with Crippen molar-refractivity contribution in [1.29, 1.82) is 0 Å². The molecule has 118 valence electrons. The molecule has 2 unspecified atom stereocenters. The summed E-state index contributed by atoms with van der Waals surface area (Å²) < 4.78 is 4.60. The lowest BCUT2D eigenvalue weighted by atomic mass is 9.79. The molecule has 0 radical (unpaired) electrons. The summed E-state index contributed by atoms with van der Waals surface area (Å²) >= 11 is 0. The van der Waals surface area contributed by atoms with E-state index in [1.165, 1.54) is 31.2 Å². The number of ether oxygens (including phenoxy) is 1. The highest BCUT2D eigenvalue weighted by atomic mass is 16.6. The summed E-state index contributed by atoms with van der Waals surface area (Å²) in [5.41, 5.74) is 0.0465. The molecule has 0 fully saturated rings. The first-order valence-electron chi connectivity index (χ1n) is 6.68. The lowest BCUT2D eigenvalue weighted by Gasteiger charge is -2.22. The molecule has 0 aromatic heterocycles. The van der Waals surface area contributed by atoms with Gasteiger partial charge in [-0.25, -0.2) is 0 Å². The van der Waals surface area contributed by atoms with Crippen molar-refractivity contribution in [2.45, 2.75) is 26.2 Å². The lowest BCUT2D eigenvalue weighted by Crippen LogP contribution is -2.34. The van der Waals surface area contributed by atoms with Gasteiger partial charge in [-0.15, -0.1) is 0 Å². The zero-order chi connectivity index (χ0) is 16.9. The van der Waals surface area contributed by atoms with E-state index in [0.717, 1.165) is 7.11 Å². The molecule has 0 bridgehead atoms. The zero-order valence-corrected chi connectivity index (χ0v) is 12.6. The number of hydrogen-bond donors (Lipinski definition) is 0. The molecule has 7 heteroatoms. The van der Waals surface area contributed by atoms with Crippen LogP contribution in [0, 0.1) is 16.0 Å². The van der Waals surface area contributed by atoms with E-state index in [0.29, 0.717) is 0 Å². The van der Waals surface area contributed by atoms with Crippen molar-refractivity contribution < 1.29 is 24.0 Å². The number of non-ortho nitro benzene ring substituents is 1. The Balaban J connectivity index is 3.42. The maximum absolute atomic E-state index is 12.2. The molecule has 0 saturated heterocycles. The first-order chi connectivity index (χ1) is 10.3. The summed E-state index contributed by atoms with van der Waals surface area (Å²) in [6.45, 7) is 2.79. The second-order valence-electron chi connectivity index (χ2n) is 4.76. The Morgan fingerprint density at radius 1 is 1.32 bits per heavy atom. The van der Waals surface area contributed by atoms with Crippen molar-refractivity contribution in [3.8, 4) is 0 Å². The van der Waals surface area contributed by atoms with E-state index >= 15 is 0 Å². The predicted octanol–water partition coefficient (Wildman–Crippen LogP) is 2.04. The minimum Gasteiger partial charge on any atom is -0.468 e. The number of nitrogens with zero attached hydrogens (tertiary/aromatic N) is 1. The number of nitro groups is 1. The van der Waals surface area contributed by atoms with Crippen LogP contribution < -0.4 is 0 Å². The average molecular weight is 307 g/mol. The molecule has 0 spiro atoms. The number of methoxy groups -OCH3 is 1. The predicted molar refractivity (Wildman–Crippen MR) is 77.3 cm³/mol. The Bertz CT molecular complexity index is 610. The van der Waals surface area contributed by atoms with Gasteiger partial charge in [-0.05, 0) is 12.5 Å². The average Bonchev–Trinajstić information content (AvgIpc) is 2.50. The standard InChI is InChI=1S/C15H17NO6/c1-4-12(18)14(13(9(2)17)15(19)22-3)10-6-5-7-11(8-10)16(20)21/h5-8,13-14H,4H2,1-3H3. The van der Waals surface area contributed by atoms with Crippen LogP contribution in [0.2, 0.25) is 0 Å². The largest absolute Gasteiger partial charge is 0.468 e. The highest BCUT2D eigenvalue weighted by molar-refractivity contribution is 6.04. The van der Waals surface area contributed by atoms with Gasteiger partial charge >= 0.3 is 5.97 Å². The van der Waals surface area contributed by atoms with E-state index in [1.807, 2.05) is 0 Å². The van der Waals surface area contributed by atoms with E-state index in [2.05, 4.69) is 4.74 Å². The second-order valence-corrected chi connectivity index (χ2v) is 4.76. The molecule has 0 aliphatic heterocycles. The summed E-state index contributed by atoms with van der Waals surface area (Å²) in [5, 5.41) is 10.9. The van der Waals surface area contributed by atoms with E-state index in [9.17, 15) is 24.5 Å². The number of ketones is 2. The fourth-order valence-corrected chi connectivity index (χ4v) is 2.28. The van der Waals surface area contributed by atoms with E-state index in [1.54, 1.807) is 6.92 Å². The van der Waals surface area contributed by atoms with Crippen molar-refractivity contribution in [2.24, 2.45) is 5.92 Å². The van der Waals surface area contributed by atoms with E-state index in [4.69, 9.17) is 0 Å². The summed E-state index contributed by atoms with van der Waals surface area (Å²) in [6, 6.07) is 5.39. The third-order valence-electron chi connectivity index (χ3n) is 3.36. The van der Waals surface area contributed by atoms with Crippen LogP contribution in [0.1, 0.15) is 31.7 Å². The van der Waals surface area contributed by atoms with Crippen LogP contribution in [-0.4, -0.2) is 29.6 Å². The van der Waals surface area contributed by atoms with Crippen molar-refractivity contribution >= 4 is 23.2 Å². The van der Waals surface area contributed by atoms with Crippen molar-refractivity contribution in [3.63, 3.8) is 0 Å². The molecular formula is C15H17NO6. The number of carbonyl (C=O) groups excluding carboxylic acids is 3. The molecular weight excluding hydrogens is 290 g/mol. The maximum atomic E-state index is 12.2. The van der Waals surface area contributed by atoms with Crippen LogP contribution in [0.15, 0.2) is 24.3 Å². The molecule has 0 N–H and O–H groups in total. The fraction of sp³-hybridized carbons (Fsp3) is 0.400. The molecule has 2 atom stereocenters. The van der Waals surface area contributed by atoms with Crippen molar-refractivity contribution in [2.75, 3.05) is 7.11 Å². The second kappa shape index (κ2) is 7.44. The first kappa shape index (κ1) is 17.5. The van der Waals surface area contributed by atoms with Crippen LogP contribution in [0.4, 0.5) is 5.69 Å². The summed E-state index contributed by atoms with van der Waals surface area (Å²) in [5.74, 6) is -4.10. The number of rotatable bonds is 7. The number of nitro benzene ring substituents is 1. The van der Waals surface area contributed by atoms with Crippen molar-refractivity contribution in [3.05, 3.63) is 39.9 Å². The first-order valence-corrected chi connectivity index (χ1v) is 6.68. The molecule has 0 aliphatic rings. The number of benzene rings is 1. The molecule has 1 aromatic carbocycles. The van der Waals surface area contributed by atoms with Gasteiger partial charge in [0.2, 0.25) is 0 Å². The number of carbonyl (C=O) groups is 3. The SMILES string of the molecule is CCC(=O)C(c1cccc([N+](=O)[O-])c1)C(C(C)=O)C(=O)OC. The minimum atomic E-state index is -1.31. The quantitative estimate of drug-likeness (QED) is 0.330. The Labute approximate surface area is 127 Å². The third-order valence-corrected chi connectivity index (χ3v) is 3.36. The van der Waals surface area contributed by atoms with Gasteiger partial charge in [-0.1, -0.05) is 19.1 Å². The van der Waals surface area contributed by atoms with Crippen molar-refractivity contribution in [1.82, 2.24) is 0 Å². The lowest BCUT2D eigenvalue weighted by molar-refractivity contribution is -0.384. The van der Waals surface area contributed by atoms with Gasteiger partial charge in [0, 0.05) is 18.6 Å². The van der Waals surface area contributed by atoms with Crippen LogP contribution in [0.5, 0.6) is 0 Å². The Morgan fingerprint density at radius 2 is 1.95 bits per heavy atom. The normalized spacial score (nSPS) is 13.0. The topological polar surface area (TPSA) is 104 Å². The summed E-state index contributed by atoms with van der Waals surface area (Å²) in [4.78, 5) is 46.2. The van der Waals surface area contributed by atoms with Crippen LogP contribution in [0.25, 0.3) is 0 Å². The molecule has 1 rings (SSSR count). The summed E-state index contributed by atoms with van der Waals surface area (Å²) in [6.07, 6.45) is 0.0914. The molecule has 1 aromatic rings. The Hall–Kier alpha value is -2.57. The number of esters is 1. The minimum absolute atomic E-state index is 0.0914. The highest BCUT2D eigenvalue weighted by Gasteiger charge is 2.38. The summed E-state index contributed by atoms with van der Waals surface area (Å²) in [7, 11) is 1.12. The van der Waals surface area contributed by atoms with Gasteiger partial charge in [0.25, 0.3) is 5.69 Å². The van der Waals surface area contributed by atoms with E-state index < -0.39 is 28.5 Å². The molecule has 7 nitrogen and oxygen atoms in total. The Morgan fingerprint density at radius 3 is 2.41 bits per heavy atom. The highest BCUT2D eigenvalue weighted by Crippen LogP contribution is 2.31. The van der Waals surface area contributed by atoms with Gasteiger partial charge in [0.15, 0.2) is 0 Å². The van der Waals surface area contributed by atoms with Crippen LogP contribution >= 0.6 is 0 Å². The molecule has 0 amide bonds. The smallest absolute Gasteiger partial charge is 0.317 e. The van der Waals surface area contributed by atoms with Gasteiger partial charge in [0.05, 0.1) is 18.0 Å². The van der Waals surface area contributed by atoms with Gasteiger partial charge in [-0.3, -0.25) is 24.5 Å². The molecule has 0 heterocycles. The van der Waals surface area contributed by atoms with E-state index in [-0.39, 0.29) is 23.5 Å². The molecule has 0 aliphatic carbocycles.